The van der Waals surface area contributed by atoms with E-state index in [0.29, 0.717) is 47.1 Å². The molecule has 0 unspecified atom stereocenters. The molecule has 1 aromatic heterocycles. The summed E-state index contributed by atoms with van der Waals surface area (Å²) in [7, 11) is 1.56. The number of nitrogens with zero attached hydrogens (tertiary/aromatic N) is 2. The number of pyridine rings is 1. The van der Waals surface area contributed by atoms with Crippen LogP contribution in [0.1, 0.15) is 60.1 Å². The van der Waals surface area contributed by atoms with E-state index in [0.717, 1.165) is 18.4 Å². The van der Waals surface area contributed by atoms with Gasteiger partial charge in [-0.1, -0.05) is 11.6 Å². The van der Waals surface area contributed by atoms with Gasteiger partial charge >= 0.3 is 5.97 Å². The molecule has 0 radical (unpaired) electrons. The number of methoxy groups -OCH3 is 1. The number of benzene rings is 1. The summed E-state index contributed by atoms with van der Waals surface area (Å²) in [6.07, 6.45) is 4.31. The number of rotatable bonds is 8. The molecule has 0 aliphatic heterocycles. The molecule has 8 nitrogen and oxygen atoms in total. The van der Waals surface area contributed by atoms with E-state index in [1.807, 2.05) is 6.92 Å². The molecule has 0 bridgehead atoms. The molecule has 1 heterocycles. The minimum atomic E-state index is -0.738. The average Bonchev–Trinajstić information content (AvgIpc) is 2.83. The monoisotopic (exact) mass is 470 g/mol. The topological polar surface area (TPSA) is 124 Å². The molecule has 33 heavy (non-hydrogen) atoms. The number of hydrogen-bond acceptors (Lipinski definition) is 6. The van der Waals surface area contributed by atoms with Crippen LogP contribution in [0.3, 0.4) is 0 Å². The Hall–Kier alpha value is -3.31. The van der Waals surface area contributed by atoms with Crippen molar-refractivity contribution in [1.82, 2.24) is 10.3 Å². The molecule has 0 spiro atoms. The number of hydrogen-bond donors (Lipinski definition) is 3. The van der Waals surface area contributed by atoms with Crippen LogP contribution in [0.15, 0.2) is 30.5 Å². The molecular weight excluding hydrogens is 444 g/mol. The van der Waals surface area contributed by atoms with Crippen LogP contribution in [0.25, 0.3) is 0 Å². The van der Waals surface area contributed by atoms with Crippen LogP contribution in [0.5, 0.6) is 5.75 Å². The number of carboxylic acids is 1. The molecule has 3 N–H and O–H groups in total. The third kappa shape index (κ3) is 6.14. The van der Waals surface area contributed by atoms with Crippen molar-refractivity contribution in [1.29, 1.82) is 5.26 Å². The molecule has 0 saturated heterocycles. The minimum Gasteiger partial charge on any atom is -0.496 e. The lowest BCUT2D eigenvalue weighted by Gasteiger charge is -2.26. The number of aromatic nitrogens is 1. The van der Waals surface area contributed by atoms with E-state index in [-0.39, 0.29) is 23.8 Å². The summed E-state index contributed by atoms with van der Waals surface area (Å²) < 4.78 is 5.39. The Kier molecular flexibility index (Phi) is 8.12. The van der Waals surface area contributed by atoms with Gasteiger partial charge in [0, 0.05) is 18.3 Å². The number of halogens is 1. The lowest BCUT2D eigenvalue weighted by atomic mass is 9.82. The molecule has 1 aliphatic rings. The highest BCUT2D eigenvalue weighted by Crippen LogP contribution is 2.31. The quantitative estimate of drug-likeness (QED) is 0.521. The number of nitrogens with one attached hydrogen (secondary N) is 2. The fraction of sp³-hybridized carbons (Fsp3) is 0.417. The van der Waals surface area contributed by atoms with E-state index in [1.54, 1.807) is 31.4 Å². The summed E-state index contributed by atoms with van der Waals surface area (Å²) in [5.41, 5.74) is 1.65. The van der Waals surface area contributed by atoms with Crippen molar-refractivity contribution >= 4 is 29.3 Å². The first-order chi connectivity index (χ1) is 15.8. The maximum absolute atomic E-state index is 12.5. The van der Waals surface area contributed by atoms with Gasteiger partial charge in [0.2, 0.25) is 0 Å². The average molecular weight is 471 g/mol. The Morgan fingerprint density at radius 3 is 2.64 bits per heavy atom. The zero-order valence-electron chi connectivity index (χ0n) is 18.6. The molecule has 1 amide bonds. The lowest BCUT2D eigenvalue weighted by Crippen LogP contribution is -2.32. The van der Waals surface area contributed by atoms with Crippen molar-refractivity contribution < 1.29 is 19.4 Å². The summed E-state index contributed by atoms with van der Waals surface area (Å²) in [5.74, 6) is 0.0412. The van der Waals surface area contributed by atoms with Crippen molar-refractivity contribution in [3.63, 3.8) is 0 Å². The second kappa shape index (κ2) is 11.0. The van der Waals surface area contributed by atoms with Crippen molar-refractivity contribution in [3.05, 3.63) is 52.2 Å². The number of anilines is 1. The van der Waals surface area contributed by atoms with Gasteiger partial charge in [-0.3, -0.25) is 9.59 Å². The normalized spacial score (nSPS) is 18.6. The number of carbonyl (C=O) groups excluding carboxylic acids is 1. The zero-order chi connectivity index (χ0) is 24.0. The van der Waals surface area contributed by atoms with Gasteiger partial charge in [-0.05, 0) is 62.8 Å². The van der Waals surface area contributed by atoms with Gasteiger partial charge in [-0.15, -0.1) is 0 Å². The van der Waals surface area contributed by atoms with E-state index in [1.165, 1.54) is 6.20 Å². The van der Waals surface area contributed by atoms with Gasteiger partial charge in [-0.2, -0.15) is 5.26 Å². The maximum Gasteiger partial charge on any atom is 0.306 e. The van der Waals surface area contributed by atoms with Crippen molar-refractivity contribution in [3.8, 4) is 11.8 Å². The predicted molar refractivity (Wildman–Crippen MR) is 124 cm³/mol. The Labute approximate surface area is 197 Å². The van der Waals surface area contributed by atoms with Crippen LogP contribution < -0.4 is 15.4 Å². The highest BCUT2D eigenvalue weighted by atomic mass is 35.5. The first-order valence-electron chi connectivity index (χ1n) is 10.8. The number of aliphatic carboxylic acids is 1. The molecular formula is C24H27ClN4O4. The standard InChI is InChI=1S/C24H27ClN4O4/c1-14(19-9-16(11-26)5-8-21(19)33-2)29-22-20(25)10-18(13-27-22)23(30)28-12-15-3-6-17(7-4-15)24(31)32/h5,8-10,13-15,17H,3-4,6-7,12H2,1-2H3,(H,27,29)(H,28,30)(H,31,32)/t14-,15?,17?/m0/s1. The molecule has 1 aliphatic carbocycles. The summed E-state index contributed by atoms with van der Waals surface area (Å²) in [5, 5.41) is 24.7. The molecule has 1 aromatic carbocycles. The Morgan fingerprint density at radius 1 is 1.30 bits per heavy atom. The van der Waals surface area contributed by atoms with Gasteiger partial charge in [0.15, 0.2) is 0 Å². The molecule has 1 atom stereocenters. The Morgan fingerprint density at radius 2 is 2.03 bits per heavy atom. The smallest absolute Gasteiger partial charge is 0.306 e. The number of carbonyl (C=O) groups is 2. The number of ether oxygens (including phenoxy) is 1. The second-order valence-corrected chi connectivity index (χ2v) is 8.66. The summed E-state index contributed by atoms with van der Waals surface area (Å²) in [4.78, 5) is 27.9. The highest BCUT2D eigenvalue weighted by Gasteiger charge is 2.26. The molecule has 2 aromatic rings. The number of carboxylic acid groups (broad SMARTS) is 1. The van der Waals surface area contributed by atoms with E-state index in [4.69, 9.17) is 21.4 Å². The van der Waals surface area contributed by atoms with Crippen LogP contribution >= 0.6 is 11.6 Å². The predicted octanol–water partition coefficient (Wildman–Crippen LogP) is 4.41. The van der Waals surface area contributed by atoms with Gasteiger partial charge in [0.1, 0.15) is 11.6 Å². The van der Waals surface area contributed by atoms with Crippen LogP contribution in [0, 0.1) is 23.2 Å². The SMILES string of the molecule is COc1ccc(C#N)cc1[C@H](C)Nc1ncc(C(=O)NCC2CCC(C(=O)O)CC2)cc1Cl. The van der Waals surface area contributed by atoms with Gasteiger partial charge in [-0.25, -0.2) is 4.98 Å². The van der Waals surface area contributed by atoms with Crippen LogP contribution in [0.4, 0.5) is 5.82 Å². The largest absolute Gasteiger partial charge is 0.496 e. The third-order valence-corrected chi connectivity index (χ3v) is 6.32. The molecule has 174 valence electrons. The first-order valence-corrected chi connectivity index (χ1v) is 11.2. The Balaban J connectivity index is 1.60. The third-order valence-electron chi connectivity index (χ3n) is 6.03. The first kappa shape index (κ1) is 24.3. The lowest BCUT2D eigenvalue weighted by molar-refractivity contribution is -0.143. The minimum absolute atomic E-state index is 0.251. The van der Waals surface area contributed by atoms with Crippen molar-refractivity contribution in [2.24, 2.45) is 11.8 Å². The molecule has 3 rings (SSSR count). The van der Waals surface area contributed by atoms with Gasteiger partial charge in [0.05, 0.1) is 41.3 Å². The van der Waals surface area contributed by atoms with E-state index in [2.05, 4.69) is 21.7 Å². The summed E-state index contributed by atoms with van der Waals surface area (Å²) in [6, 6.07) is 8.59. The Bertz CT molecular complexity index is 1060. The molecule has 1 saturated carbocycles. The van der Waals surface area contributed by atoms with Gasteiger partial charge < -0.3 is 20.5 Å². The van der Waals surface area contributed by atoms with E-state index in [9.17, 15) is 14.9 Å². The fourth-order valence-electron chi connectivity index (χ4n) is 4.05. The highest BCUT2D eigenvalue weighted by molar-refractivity contribution is 6.33. The molecule has 1 fully saturated rings. The summed E-state index contributed by atoms with van der Waals surface area (Å²) in [6.45, 7) is 2.39. The van der Waals surface area contributed by atoms with Crippen LogP contribution in [-0.2, 0) is 4.79 Å². The fourth-order valence-corrected chi connectivity index (χ4v) is 4.27. The zero-order valence-corrected chi connectivity index (χ0v) is 19.4. The van der Waals surface area contributed by atoms with Crippen LogP contribution in [-0.4, -0.2) is 35.6 Å². The van der Waals surface area contributed by atoms with E-state index < -0.39 is 5.97 Å². The number of nitriles is 1. The second-order valence-electron chi connectivity index (χ2n) is 8.25. The van der Waals surface area contributed by atoms with Crippen LogP contribution in [0.2, 0.25) is 5.02 Å². The summed E-state index contributed by atoms with van der Waals surface area (Å²) >= 11 is 6.39. The maximum atomic E-state index is 12.5. The van der Waals surface area contributed by atoms with Crippen molar-refractivity contribution in [2.75, 3.05) is 19.0 Å². The van der Waals surface area contributed by atoms with E-state index >= 15 is 0 Å². The molecule has 9 heteroatoms. The van der Waals surface area contributed by atoms with Gasteiger partial charge in [0.25, 0.3) is 5.91 Å². The number of amides is 1. The van der Waals surface area contributed by atoms with Crippen molar-refractivity contribution in [2.45, 2.75) is 38.6 Å².